The number of hydrogen-bond donors (Lipinski definition) is 2. The Morgan fingerprint density at radius 1 is 0.971 bits per heavy atom. The van der Waals surface area contributed by atoms with Gasteiger partial charge in [0.25, 0.3) is 5.91 Å². The summed E-state index contributed by atoms with van der Waals surface area (Å²) in [6.45, 7) is 3.92. The Hall–Kier alpha value is -3.81. The van der Waals surface area contributed by atoms with Crippen molar-refractivity contribution in [1.82, 2.24) is 10.6 Å². The third kappa shape index (κ3) is 5.82. The molecule has 0 bridgehead atoms. The smallest absolute Gasteiger partial charge is 0.408 e. The molecule has 0 heterocycles. The molecule has 3 rings (SSSR count). The normalized spacial score (nSPS) is 21.3. The van der Waals surface area contributed by atoms with Gasteiger partial charge in [-0.15, -0.1) is 0 Å². The molecule has 8 nitrogen and oxygen atoms in total. The van der Waals surface area contributed by atoms with E-state index in [0.717, 1.165) is 5.56 Å². The van der Waals surface area contributed by atoms with Crippen molar-refractivity contribution in [3.05, 3.63) is 78.4 Å². The van der Waals surface area contributed by atoms with Gasteiger partial charge in [-0.25, -0.2) is 9.59 Å². The van der Waals surface area contributed by atoms with Crippen LogP contribution in [0.3, 0.4) is 0 Å². The largest absolute Gasteiger partial charge is 0.496 e. The molecule has 0 unspecified atom stereocenters. The van der Waals surface area contributed by atoms with Crippen molar-refractivity contribution >= 4 is 18.0 Å². The minimum absolute atomic E-state index is 0.0337. The van der Waals surface area contributed by atoms with Crippen LogP contribution in [0.25, 0.3) is 0 Å². The fraction of sp³-hybridized carbons (Fsp3) is 0.370. The first-order valence-corrected chi connectivity index (χ1v) is 11.5. The predicted octanol–water partition coefficient (Wildman–Crippen LogP) is 3.76. The standard InChI is InChI=1S/C27H32N2O6/c1-4-18-35-25(32)29-27(24(31)34-3)16-14-26(15-17-27,20-10-6-5-7-11-20)19-28-23(30)21-12-8-9-13-22(21)33-2/h4-13H,1,14-19H2,2-3H3,(H,28,30)(H,29,32). The maximum Gasteiger partial charge on any atom is 0.408 e. The third-order valence-electron chi connectivity index (χ3n) is 6.64. The summed E-state index contributed by atoms with van der Waals surface area (Å²) >= 11 is 0. The average molecular weight is 481 g/mol. The highest BCUT2D eigenvalue weighted by atomic mass is 16.6. The minimum atomic E-state index is -1.21. The van der Waals surface area contributed by atoms with Gasteiger partial charge < -0.3 is 24.8 Å². The van der Waals surface area contributed by atoms with Crippen LogP contribution in [0, 0.1) is 0 Å². The fourth-order valence-electron chi connectivity index (χ4n) is 4.63. The summed E-state index contributed by atoms with van der Waals surface area (Å²) in [6, 6.07) is 16.9. The SMILES string of the molecule is C=CCOC(=O)NC1(C(=O)OC)CCC(CNC(=O)c2ccccc2OC)(c2ccccc2)CC1. The number of nitrogens with one attached hydrogen (secondary N) is 2. The average Bonchev–Trinajstić information content (AvgIpc) is 2.91. The summed E-state index contributed by atoms with van der Waals surface area (Å²) in [5.41, 5.74) is -0.154. The molecule has 0 saturated heterocycles. The molecule has 2 amide bonds. The van der Waals surface area contributed by atoms with Crippen molar-refractivity contribution in [3.63, 3.8) is 0 Å². The molecule has 1 fully saturated rings. The van der Waals surface area contributed by atoms with E-state index in [0.29, 0.717) is 43.5 Å². The number of para-hydroxylation sites is 1. The number of esters is 1. The van der Waals surface area contributed by atoms with Crippen LogP contribution in [-0.2, 0) is 19.7 Å². The first-order valence-electron chi connectivity index (χ1n) is 11.5. The molecule has 2 N–H and O–H groups in total. The molecule has 0 atom stereocenters. The van der Waals surface area contributed by atoms with E-state index in [1.54, 1.807) is 18.2 Å². The lowest BCUT2D eigenvalue weighted by Crippen LogP contribution is -2.60. The molecule has 1 aliphatic carbocycles. The van der Waals surface area contributed by atoms with Gasteiger partial charge in [0.05, 0.1) is 19.8 Å². The van der Waals surface area contributed by atoms with E-state index in [1.807, 2.05) is 36.4 Å². The van der Waals surface area contributed by atoms with Crippen molar-refractivity contribution in [2.75, 3.05) is 27.4 Å². The van der Waals surface area contributed by atoms with Crippen LogP contribution < -0.4 is 15.4 Å². The molecular weight excluding hydrogens is 448 g/mol. The van der Waals surface area contributed by atoms with Crippen molar-refractivity contribution in [3.8, 4) is 5.75 Å². The van der Waals surface area contributed by atoms with Crippen LogP contribution in [0.5, 0.6) is 5.75 Å². The van der Waals surface area contributed by atoms with Crippen LogP contribution in [0.15, 0.2) is 67.3 Å². The zero-order valence-electron chi connectivity index (χ0n) is 20.2. The highest BCUT2D eigenvalue weighted by molar-refractivity contribution is 5.97. The summed E-state index contributed by atoms with van der Waals surface area (Å²) in [5, 5.41) is 5.79. The summed E-state index contributed by atoms with van der Waals surface area (Å²) < 4.78 is 15.4. The van der Waals surface area contributed by atoms with Gasteiger partial charge in [0.1, 0.15) is 17.9 Å². The molecule has 0 radical (unpaired) electrons. The van der Waals surface area contributed by atoms with E-state index in [-0.39, 0.29) is 12.5 Å². The maximum atomic E-state index is 13.0. The summed E-state index contributed by atoms with van der Waals surface area (Å²) in [7, 11) is 2.82. The van der Waals surface area contributed by atoms with Crippen molar-refractivity contribution < 1.29 is 28.6 Å². The van der Waals surface area contributed by atoms with Crippen molar-refractivity contribution in [1.29, 1.82) is 0 Å². The van der Waals surface area contributed by atoms with Crippen LogP contribution in [-0.4, -0.2) is 50.9 Å². The van der Waals surface area contributed by atoms with Gasteiger partial charge in [0.2, 0.25) is 0 Å². The molecule has 1 aliphatic rings. The Balaban J connectivity index is 1.83. The minimum Gasteiger partial charge on any atom is -0.496 e. The molecule has 35 heavy (non-hydrogen) atoms. The number of rotatable bonds is 9. The maximum absolute atomic E-state index is 13.0. The molecule has 0 aromatic heterocycles. The second-order valence-electron chi connectivity index (χ2n) is 8.62. The molecule has 0 spiro atoms. The zero-order chi connectivity index (χ0) is 25.3. The lowest BCUT2D eigenvalue weighted by Gasteiger charge is -2.45. The van der Waals surface area contributed by atoms with E-state index < -0.39 is 23.0 Å². The van der Waals surface area contributed by atoms with Gasteiger partial charge in [-0.1, -0.05) is 55.1 Å². The van der Waals surface area contributed by atoms with Crippen LogP contribution in [0.1, 0.15) is 41.6 Å². The van der Waals surface area contributed by atoms with Gasteiger partial charge in [-0.05, 0) is 43.4 Å². The molecule has 186 valence electrons. The van der Waals surface area contributed by atoms with E-state index in [4.69, 9.17) is 14.2 Å². The number of alkyl carbamates (subject to hydrolysis) is 1. The van der Waals surface area contributed by atoms with Gasteiger partial charge in [0.15, 0.2) is 0 Å². The van der Waals surface area contributed by atoms with Gasteiger partial charge in [-0.3, -0.25) is 4.79 Å². The van der Waals surface area contributed by atoms with E-state index in [1.165, 1.54) is 20.3 Å². The Kier molecular flexibility index (Phi) is 8.52. The van der Waals surface area contributed by atoms with E-state index in [2.05, 4.69) is 17.2 Å². The van der Waals surface area contributed by atoms with Crippen LogP contribution in [0.2, 0.25) is 0 Å². The Bertz CT molecular complexity index is 1040. The molecule has 8 heteroatoms. The first-order chi connectivity index (χ1) is 16.9. The fourth-order valence-corrected chi connectivity index (χ4v) is 4.63. The number of benzene rings is 2. The second kappa shape index (κ2) is 11.6. The lowest BCUT2D eigenvalue weighted by molar-refractivity contribution is -0.150. The number of carbonyl (C=O) groups excluding carboxylic acids is 3. The molecule has 2 aromatic carbocycles. The Morgan fingerprint density at radius 3 is 2.26 bits per heavy atom. The summed E-state index contributed by atoms with van der Waals surface area (Å²) in [4.78, 5) is 38.1. The third-order valence-corrected chi connectivity index (χ3v) is 6.64. The molecule has 0 aliphatic heterocycles. The number of ether oxygens (including phenoxy) is 3. The number of amides is 2. The van der Waals surface area contributed by atoms with E-state index in [9.17, 15) is 14.4 Å². The van der Waals surface area contributed by atoms with Gasteiger partial charge >= 0.3 is 12.1 Å². The van der Waals surface area contributed by atoms with Crippen molar-refractivity contribution in [2.45, 2.75) is 36.6 Å². The zero-order valence-corrected chi connectivity index (χ0v) is 20.2. The monoisotopic (exact) mass is 480 g/mol. The topological polar surface area (TPSA) is 103 Å². The Morgan fingerprint density at radius 2 is 1.63 bits per heavy atom. The lowest BCUT2D eigenvalue weighted by atomic mass is 9.64. The number of methoxy groups -OCH3 is 2. The molecule has 2 aromatic rings. The van der Waals surface area contributed by atoms with Crippen LogP contribution >= 0.6 is 0 Å². The second-order valence-corrected chi connectivity index (χ2v) is 8.62. The first kappa shape index (κ1) is 25.8. The number of hydrogen-bond acceptors (Lipinski definition) is 6. The number of carbonyl (C=O) groups is 3. The molecular formula is C27H32N2O6. The quantitative estimate of drug-likeness (QED) is 0.419. The highest BCUT2D eigenvalue weighted by Crippen LogP contribution is 2.43. The van der Waals surface area contributed by atoms with Crippen molar-refractivity contribution in [2.24, 2.45) is 0 Å². The predicted molar refractivity (Wildman–Crippen MR) is 131 cm³/mol. The summed E-state index contributed by atoms with van der Waals surface area (Å²) in [6.07, 6.45) is 2.45. The van der Waals surface area contributed by atoms with Crippen LogP contribution in [0.4, 0.5) is 4.79 Å². The van der Waals surface area contributed by atoms with Gasteiger partial charge in [-0.2, -0.15) is 0 Å². The van der Waals surface area contributed by atoms with E-state index >= 15 is 0 Å². The summed E-state index contributed by atoms with van der Waals surface area (Å²) in [5.74, 6) is -0.268. The highest BCUT2D eigenvalue weighted by Gasteiger charge is 2.50. The van der Waals surface area contributed by atoms with Gasteiger partial charge in [0, 0.05) is 12.0 Å². The molecule has 1 saturated carbocycles. The Labute approximate surface area is 205 Å².